The molecule has 2 atom stereocenters. The third kappa shape index (κ3) is 52.8. The lowest BCUT2D eigenvalue weighted by molar-refractivity contribution is -0.123. The molecule has 0 aromatic heterocycles. The van der Waals surface area contributed by atoms with Gasteiger partial charge >= 0.3 is 0 Å². The summed E-state index contributed by atoms with van der Waals surface area (Å²) in [7, 11) is 0. The first-order valence-electron chi connectivity index (χ1n) is 29.1. The Kier molecular flexibility index (Phi) is 55.3. The highest BCUT2D eigenvalue weighted by Gasteiger charge is 2.20. The van der Waals surface area contributed by atoms with Gasteiger partial charge in [-0.25, -0.2) is 0 Å². The SMILES string of the molecule is CC/C=C\C/C=C\C/C=C\C/C=C\C/C=C\C/C=C\CCCCCCCCCCCCCCCCCCCCCCC(=O)NC(CO)C(O)CCCCCCCCCCCCCCCCC. The predicted octanol–water partition coefficient (Wildman–Crippen LogP) is 19.4. The van der Waals surface area contributed by atoms with E-state index in [0.717, 1.165) is 64.2 Å². The first-order chi connectivity index (χ1) is 32.7. The molecule has 1 amide bonds. The molecular weight excluding hydrogens is 807 g/mol. The largest absolute Gasteiger partial charge is 0.394 e. The third-order valence-electron chi connectivity index (χ3n) is 13.2. The molecule has 0 radical (unpaired) electrons. The van der Waals surface area contributed by atoms with Crippen molar-refractivity contribution in [3.63, 3.8) is 0 Å². The number of carbonyl (C=O) groups excluding carboxylic acids is 1. The predicted molar refractivity (Wildman–Crippen MR) is 294 cm³/mol. The highest BCUT2D eigenvalue weighted by Crippen LogP contribution is 2.17. The van der Waals surface area contributed by atoms with Gasteiger partial charge in [0.25, 0.3) is 0 Å². The molecule has 0 aliphatic rings. The molecule has 0 fully saturated rings. The van der Waals surface area contributed by atoms with Gasteiger partial charge < -0.3 is 15.5 Å². The minimum Gasteiger partial charge on any atom is -0.394 e. The minimum absolute atomic E-state index is 0.0284. The van der Waals surface area contributed by atoms with Gasteiger partial charge in [-0.2, -0.15) is 0 Å². The maximum Gasteiger partial charge on any atom is 0.220 e. The van der Waals surface area contributed by atoms with Crippen molar-refractivity contribution in [2.75, 3.05) is 6.61 Å². The van der Waals surface area contributed by atoms with Gasteiger partial charge in [-0.05, 0) is 64.2 Å². The van der Waals surface area contributed by atoms with E-state index in [1.807, 2.05) is 0 Å². The van der Waals surface area contributed by atoms with Gasteiger partial charge in [-0.3, -0.25) is 4.79 Å². The number of hydrogen-bond donors (Lipinski definition) is 3. The van der Waals surface area contributed by atoms with E-state index in [1.165, 1.54) is 205 Å². The Bertz CT molecular complexity index is 1130. The van der Waals surface area contributed by atoms with Gasteiger partial charge in [0.2, 0.25) is 5.91 Å². The van der Waals surface area contributed by atoms with E-state index in [1.54, 1.807) is 0 Å². The molecule has 0 aliphatic heterocycles. The second-order valence-corrected chi connectivity index (χ2v) is 19.7. The Hall–Kier alpha value is -2.17. The Morgan fingerprint density at radius 3 is 1.00 bits per heavy atom. The average Bonchev–Trinajstić information content (AvgIpc) is 3.32. The minimum atomic E-state index is -0.659. The van der Waals surface area contributed by atoms with E-state index in [2.05, 4.69) is 92.1 Å². The quantitative estimate of drug-likeness (QED) is 0.0421. The van der Waals surface area contributed by atoms with Gasteiger partial charge in [0.05, 0.1) is 18.8 Å². The third-order valence-corrected chi connectivity index (χ3v) is 13.2. The molecule has 0 heterocycles. The van der Waals surface area contributed by atoms with Crippen LogP contribution in [0.4, 0.5) is 0 Å². The fourth-order valence-corrected chi connectivity index (χ4v) is 8.84. The van der Waals surface area contributed by atoms with E-state index in [-0.39, 0.29) is 12.5 Å². The zero-order valence-corrected chi connectivity index (χ0v) is 44.2. The Balaban J connectivity index is 3.43. The highest BCUT2D eigenvalue weighted by atomic mass is 16.3. The molecule has 66 heavy (non-hydrogen) atoms. The number of hydrogen-bond acceptors (Lipinski definition) is 3. The Morgan fingerprint density at radius 1 is 0.379 bits per heavy atom. The van der Waals surface area contributed by atoms with Crippen molar-refractivity contribution in [1.29, 1.82) is 0 Å². The van der Waals surface area contributed by atoms with Crippen molar-refractivity contribution >= 4 is 5.91 Å². The summed E-state index contributed by atoms with van der Waals surface area (Å²) in [6, 6.07) is -0.536. The van der Waals surface area contributed by atoms with Crippen LogP contribution in [0.2, 0.25) is 0 Å². The Morgan fingerprint density at radius 2 is 0.667 bits per heavy atom. The molecule has 0 aliphatic carbocycles. The van der Waals surface area contributed by atoms with Crippen LogP contribution in [0.25, 0.3) is 0 Å². The summed E-state index contributed by atoms with van der Waals surface area (Å²) in [4.78, 5) is 12.5. The number of unbranched alkanes of at least 4 members (excludes halogenated alkanes) is 34. The first-order valence-corrected chi connectivity index (χ1v) is 29.1. The molecule has 0 saturated heterocycles. The summed E-state index contributed by atoms with van der Waals surface area (Å²) < 4.78 is 0. The number of aliphatic hydroxyl groups excluding tert-OH is 2. The van der Waals surface area contributed by atoms with Gasteiger partial charge in [0, 0.05) is 6.42 Å². The Labute approximate surface area is 412 Å². The van der Waals surface area contributed by atoms with Crippen molar-refractivity contribution < 1.29 is 15.0 Å². The van der Waals surface area contributed by atoms with E-state index >= 15 is 0 Å². The molecule has 0 aromatic rings. The molecule has 0 spiro atoms. The van der Waals surface area contributed by atoms with Crippen molar-refractivity contribution in [1.82, 2.24) is 5.32 Å². The highest BCUT2D eigenvalue weighted by molar-refractivity contribution is 5.76. The standard InChI is InChI=1S/C62H113NO3/c1-3-5-7-9-11-13-15-17-19-20-21-22-23-24-25-26-27-28-29-30-31-32-33-34-35-36-37-38-39-40-41-42-44-46-48-50-52-54-56-58-62(66)63-60(59-64)61(65)57-55-53-51-49-47-45-43-18-16-14-12-10-8-6-4-2/h5,7,11,13,17,19,21-22,24-25,27-28,60-61,64-65H,3-4,6,8-10,12,14-16,18,20,23,26,29-59H2,1-2H3,(H,63,66)/b7-5-,13-11-,19-17-,22-21-,25-24-,28-27-. The van der Waals surface area contributed by atoms with Crippen LogP contribution in [0.5, 0.6) is 0 Å². The molecule has 0 aromatic carbocycles. The van der Waals surface area contributed by atoms with Gasteiger partial charge in [-0.1, -0.05) is 299 Å². The van der Waals surface area contributed by atoms with Crippen LogP contribution in [0.15, 0.2) is 72.9 Å². The smallest absolute Gasteiger partial charge is 0.220 e. The fourth-order valence-electron chi connectivity index (χ4n) is 8.84. The maximum absolute atomic E-state index is 12.5. The average molecular weight is 921 g/mol. The van der Waals surface area contributed by atoms with Gasteiger partial charge in [0.15, 0.2) is 0 Å². The number of carbonyl (C=O) groups is 1. The van der Waals surface area contributed by atoms with Crippen LogP contribution < -0.4 is 5.32 Å². The summed E-state index contributed by atoms with van der Waals surface area (Å²) in [6.45, 7) is 4.26. The van der Waals surface area contributed by atoms with Crippen molar-refractivity contribution in [3.8, 4) is 0 Å². The van der Waals surface area contributed by atoms with E-state index in [9.17, 15) is 15.0 Å². The summed E-state index contributed by atoms with van der Waals surface area (Å²) >= 11 is 0. The lowest BCUT2D eigenvalue weighted by atomic mass is 10.0. The molecule has 4 heteroatoms. The van der Waals surface area contributed by atoms with Crippen molar-refractivity contribution in [2.45, 2.75) is 309 Å². The lowest BCUT2D eigenvalue weighted by Crippen LogP contribution is -2.45. The van der Waals surface area contributed by atoms with Crippen LogP contribution in [0.1, 0.15) is 296 Å². The number of allylic oxidation sites excluding steroid dienone is 12. The summed E-state index contributed by atoms with van der Waals surface area (Å²) in [5, 5.41) is 23.3. The van der Waals surface area contributed by atoms with Crippen LogP contribution in [0, 0.1) is 0 Å². The second kappa shape index (κ2) is 57.1. The zero-order chi connectivity index (χ0) is 47.7. The topological polar surface area (TPSA) is 69.6 Å². The molecule has 0 bridgehead atoms. The number of amides is 1. The van der Waals surface area contributed by atoms with Crippen LogP contribution in [0.3, 0.4) is 0 Å². The van der Waals surface area contributed by atoms with E-state index < -0.39 is 12.1 Å². The molecule has 3 N–H and O–H groups in total. The van der Waals surface area contributed by atoms with Gasteiger partial charge in [0.1, 0.15) is 0 Å². The molecule has 4 nitrogen and oxygen atoms in total. The van der Waals surface area contributed by atoms with Crippen LogP contribution in [-0.2, 0) is 4.79 Å². The summed E-state index contributed by atoms with van der Waals surface area (Å²) in [5.41, 5.74) is 0. The van der Waals surface area contributed by atoms with E-state index in [4.69, 9.17) is 0 Å². The van der Waals surface area contributed by atoms with Crippen molar-refractivity contribution in [2.24, 2.45) is 0 Å². The fraction of sp³-hybridized carbons (Fsp3) is 0.790. The number of rotatable bonds is 53. The summed E-state index contributed by atoms with van der Waals surface area (Å²) in [6.07, 6.45) is 81.9. The molecule has 384 valence electrons. The maximum atomic E-state index is 12.5. The van der Waals surface area contributed by atoms with Crippen molar-refractivity contribution in [3.05, 3.63) is 72.9 Å². The normalized spacial score (nSPS) is 13.3. The molecule has 2 unspecified atom stereocenters. The number of aliphatic hydroxyl groups is 2. The molecular formula is C62H113NO3. The van der Waals surface area contributed by atoms with Crippen LogP contribution in [-0.4, -0.2) is 34.9 Å². The molecule has 0 saturated carbocycles. The number of nitrogens with one attached hydrogen (secondary N) is 1. The summed E-state index contributed by atoms with van der Waals surface area (Å²) in [5.74, 6) is -0.0284. The van der Waals surface area contributed by atoms with Crippen LogP contribution >= 0.6 is 0 Å². The van der Waals surface area contributed by atoms with Gasteiger partial charge in [-0.15, -0.1) is 0 Å². The monoisotopic (exact) mass is 920 g/mol. The lowest BCUT2D eigenvalue weighted by Gasteiger charge is -2.22. The first kappa shape index (κ1) is 63.8. The second-order valence-electron chi connectivity index (χ2n) is 19.7. The van der Waals surface area contributed by atoms with E-state index in [0.29, 0.717) is 12.8 Å². The zero-order valence-electron chi connectivity index (χ0n) is 44.2. The molecule has 0 rings (SSSR count).